The van der Waals surface area contributed by atoms with E-state index in [-0.39, 0.29) is 6.10 Å². The quantitative estimate of drug-likeness (QED) is 0.322. The molecule has 1 rings (SSSR count). The molecule has 4 heteroatoms. The Morgan fingerprint density at radius 1 is 1.46 bits per heavy atom. The zero-order chi connectivity index (χ0) is 9.52. The fourth-order valence-electron chi connectivity index (χ4n) is 0.840. The molecule has 13 heavy (non-hydrogen) atoms. The van der Waals surface area contributed by atoms with Gasteiger partial charge in [-0.05, 0) is 13.8 Å². The van der Waals surface area contributed by atoms with Gasteiger partial charge in [-0.3, -0.25) is 0 Å². The van der Waals surface area contributed by atoms with E-state index in [0.29, 0.717) is 32.7 Å². The maximum absolute atomic E-state index is 5.44. The lowest BCUT2D eigenvalue weighted by atomic mass is 10.4. The van der Waals surface area contributed by atoms with E-state index in [1.165, 1.54) is 0 Å². The van der Waals surface area contributed by atoms with E-state index < -0.39 is 0 Å². The van der Waals surface area contributed by atoms with Gasteiger partial charge in [0.2, 0.25) is 0 Å². The van der Waals surface area contributed by atoms with E-state index >= 15 is 0 Å². The SMILES string of the molecule is CCOCOC[C@H](C)OC[C@@H]1CO1. The van der Waals surface area contributed by atoms with Crippen LogP contribution in [0.5, 0.6) is 0 Å². The molecule has 4 nitrogen and oxygen atoms in total. The molecule has 1 heterocycles. The minimum absolute atomic E-state index is 0.115. The topological polar surface area (TPSA) is 40.2 Å². The van der Waals surface area contributed by atoms with Gasteiger partial charge in [0.1, 0.15) is 12.9 Å². The van der Waals surface area contributed by atoms with Crippen LogP contribution in [0.1, 0.15) is 13.8 Å². The van der Waals surface area contributed by atoms with Crippen LogP contribution >= 0.6 is 0 Å². The molecule has 0 aromatic heterocycles. The fourth-order valence-corrected chi connectivity index (χ4v) is 0.840. The molecule has 0 spiro atoms. The van der Waals surface area contributed by atoms with Gasteiger partial charge in [-0.25, -0.2) is 0 Å². The molecule has 78 valence electrons. The second-order valence-electron chi connectivity index (χ2n) is 3.08. The molecule has 0 aromatic rings. The normalized spacial score (nSPS) is 23.1. The molecular weight excluding hydrogens is 172 g/mol. The van der Waals surface area contributed by atoms with E-state index in [1.54, 1.807) is 0 Å². The first-order valence-corrected chi connectivity index (χ1v) is 4.71. The molecule has 0 aromatic carbocycles. The monoisotopic (exact) mass is 190 g/mol. The summed E-state index contributed by atoms with van der Waals surface area (Å²) in [7, 11) is 0. The van der Waals surface area contributed by atoms with Crippen molar-refractivity contribution in [3.05, 3.63) is 0 Å². The summed E-state index contributed by atoms with van der Waals surface area (Å²) in [6.45, 7) is 7.05. The molecule has 0 radical (unpaired) electrons. The summed E-state index contributed by atoms with van der Waals surface area (Å²) in [5.41, 5.74) is 0. The molecule has 1 aliphatic rings. The summed E-state index contributed by atoms with van der Waals surface area (Å²) >= 11 is 0. The molecule has 0 amide bonds. The van der Waals surface area contributed by atoms with E-state index in [1.807, 2.05) is 13.8 Å². The second kappa shape index (κ2) is 6.32. The maximum atomic E-state index is 5.44. The summed E-state index contributed by atoms with van der Waals surface area (Å²) < 4.78 is 20.7. The van der Waals surface area contributed by atoms with Gasteiger partial charge in [0.15, 0.2) is 0 Å². The van der Waals surface area contributed by atoms with Crippen LogP contribution < -0.4 is 0 Å². The number of ether oxygens (including phenoxy) is 4. The summed E-state index contributed by atoms with van der Waals surface area (Å²) in [6, 6.07) is 0. The summed E-state index contributed by atoms with van der Waals surface area (Å²) in [5, 5.41) is 0. The van der Waals surface area contributed by atoms with Crippen molar-refractivity contribution >= 4 is 0 Å². The van der Waals surface area contributed by atoms with Gasteiger partial charge < -0.3 is 18.9 Å². The van der Waals surface area contributed by atoms with Crippen molar-refractivity contribution in [2.45, 2.75) is 26.1 Å². The van der Waals surface area contributed by atoms with Crippen LogP contribution in [0.3, 0.4) is 0 Å². The Balaban J connectivity index is 1.81. The van der Waals surface area contributed by atoms with Gasteiger partial charge in [0.05, 0.1) is 25.9 Å². The highest BCUT2D eigenvalue weighted by molar-refractivity contribution is 4.68. The van der Waals surface area contributed by atoms with Crippen LogP contribution in [0.4, 0.5) is 0 Å². The Hall–Kier alpha value is -0.160. The highest BCUT2D eigenvalue weighted by Crippen LogP contribution is 2.09. The lowest BCUT2D eigenvalue weighted by Gasteiger charge is -2.12. The van der Waals surface area contributed by atoms with Gasteiger partial charge in [-0.2, -0.15) is 0 Å². The Bertz CT molecular complexity index is 125. The number of epoxide rings is 1. The molecule has 0 N–H and O–H groups in total. The van der Waals surface area contributed by atoms with Crippen molar-refractivity contribution < 1.29 is 18.9 Å². The predicted octanol–water partition coefficient (Wildman–Crippen LogP) is 0.801. The number of rotatable bonds is 8. The zero-order valence-corrected chi connectivity index (χ0v) is 8.32. The van der Waals surface area contributed by atoms with Crippen molar-refractivity contribution in [2.75, 3.05) is 33.2 Å². The predicted molar refractivity (Wildman–Crippen MR) is 47.6 cm³/mol. The summed E-state index contributed by atoms with van der Waals surface area (Å²) in [6.07, 6.45) is 0.444. The highest BCUT2D eigenvalue weighted by Gasteiger charge is 2.23. The van der Waals surface area contributed by atoms with Crippen molar-refractivity contribution in [3.63, 3.8) is 0 Å². The average molecular weight is 190 g/mol. The van der Waals surface area contributed by atoms with Gasteiger partial charge >= 0.3 is 0 Å². The van der Waals surface area contributed by atoms with Gasteiger partial charge in [-0.15, -0.1) is 0 Å². The van der Waals surface area contributed by atoms with E-state index in [9.17, 15) is 0 Å². The minimum atomic E-state index is 0.115. The van der Waals surface area contributed by atoms with Crippen LogP contribution in [0, 0.1) is 0 Å². The van der Waals surface area contributed by atoms with Crippen LogP contribution in [-0.2, 0) is 18.9 Å². The third-order valence-electron chi connectivity index (χ3n) is 1.69. The van der Waals surface area contributed by atoms with E-state index in [2.05, 4.69) is 0 Å². The minimum Gasteiger partial charge on any atom is -0.373 e. The van der Waals surface area contributed by atoms with Crippen molar-refractivity contribution in [2.24, 2.45) is 0 Å². The number of hydrogen-bond donors (Lipinski definition) is 0. The molecule has 1 aliphatic heterocycles. The Morgan fingerprint density at radius 2 is 2.23 bits per heavy atom. The van der Waals surface area contributed by atoms with Crippen LogP contribution in [-0.4, -0.2) is 45.4 Å². The lowest BCUT2D eigenvalue weighted by molar-refractivity contribution is -0.0868. The highest BCUT2D eigenvalue weighted by atomic mass is 16.7. The molecule has 0 saturated carbocycles. The molecule has 0 bridgehead atoms. The summed E-state index contributed by atoms with van der Waals surface area (Å²) in [4.78, 5) is 0. The Morgan fingerprint density at radius 3 is 2.85 bits per heavy atom. The molecule has 0 aliphatic carbocycles. The average Bonchev–Trinajstić information content (AvgIpc) is 2.92. The van der Waals surface area contributed by atoms with Crippen LogP contribution in [0.2, 0.25) is 0 Å². The third-order valence-corrected chi connectivity index (χ3v) is 1.69. The number of hydrogen-bond acceptors (Lipinski definition) is 4. The standard InChI is InChI=1S/C9H18O4/c1-3-10-7-11-4-8(2)12-5-9-6-13-9/h8-9H,3-7H2,1-2H3/t8-,9+/m0/s1. The Kier molecular flexibility index (Phi) is 5.31. The Labute approximate surface area is 79.1 Å². The molecule has 1 saturated heterocycles. The fraction of sp³-hybridized carbons (Fsp3) is 1.00. The third kappa shape index (κ3) is 5.99. The van der Waals surface area contributed by atoms with Crippen LogP contribution in [0.25, 0.3) is 0 Å². The molecule has 2 atom stereocenters. The first kappa shape index (κ1) is 10.9. The smallest absolute Gasteiger partial charge is 0.146 e. The van der Waals surface area contributed by atoms with Crippen molar-refractivity contribution in [1.29, 1.82) is 0 Å². The lowest BCUT2D eigenvalue weighted by Crippen LogP contribution is -2.19. The maximum Gasteiger partial charge on any atom is 0.146 e. The van der Waals surface area contributed by atoms with Crippen molar-refractivity contribution in [3.8, 4) is 0 Å². The van der Waals surface area contributed by atoms with Gasteiger partial charge in [0.25, 0.3) is 0 Å². The molecule has 0 unspecified atom stereocenters. The van der Waals surface area contributed by atoms with Gasteiger partial charge in [0, 0.05) is 6.61 Å². The van der Waals surface area contributed by atoms with E-state index in [0.717, 1.165) is 6.61 Å². The van der Waals surface area contributed by atoms with Crippen LogP contribution in [0.15, 0.2) is 0 Å². The first-order valence-electron chi connectivity index (χ1n) is 4.71. The zero-order valence-electron chi connectivity index (χ0n) is 8.32. The molecule has 1 fully saturated rings. The molecular formula is C9H18O4. The van der Waals surface area contributed by atoms with Gasteiger partial charge in [-0.1, -0.05) is 0 Å². The largest absolute Gasteiger partial charge is 0.373 e. The van der Waals surface area contributed by atoms with E-state index in [4.69, 9.17) is 18.9 Å². The second-order valence-corrected chi connectivity index (χ2v) is 3.08. The first-order chi connectivity index (χ1) is 6.33. The van der Waals surface area contributed by atoms with Crippen molar-refractivity contribution in [1.82, 2.24) is 0 Å². The summed E-state index contributed by atoms with van der Waals surface area (Å²) in [5.74, 6) is 0.